The monoisotopic (exact) mass is 226 g/mol. The van der Waals surface area contributed by atoms with Gasteiger partial charge in [0.25, 0.3) is 0 Å². The lowest BCUT2D eigenvalue weighted by Gasteiger charge is -2.09. The van der Waals surface area contributed by atoms with Crippen molar-refractivity contribution >= 4 is 33.0 Å². The number of aryl methyl sites for hydroxylation is 1. The molecule has 3 heteroatoms. The maximum Gasteiger partial charge on any atom is 0.146 e. The Hall–Kier alpha value is -0.730. The Morgan fingerprint density at radius 1 is 1.50 bits per heavy atom. The highest BCUT2D eigenvalue weighted by Crippen LogP contribution is 2.38. The average molecular weight is 227 g/mol. The number of hydrogen-bond acceptors (Lipinski definition) is 2. The van der Waals surface area contributed by atoms with E-state index in [0.29, 0.717) is 6.61 Å². The third-order valence-electron chi connectivity index (χ3n) is 2.12. The van der Waals surface area contributed by atoms with Gasteiger partial charge < -0.3 is 4.74 Å². The number of rotatable bonds is 2. The molecule has 0 saturated heterocycles. The summed E-state index contributed by atoms with van der Waals surface area (Å²) < 4.78 is 6.80. The van der Waals surface area contributed by atoms with Crippen LogP contribution in [0.4, 0.5) is 0 Å². The van der Waals surface area contributed by atoms with E-state index in [9.17, 15) is 0 Å². The topological polar surface area (TPSA) is 9.23 Å². The molecule has 0 unspecified atom stereocenters. The summed E-state index contributed by atoms with van der Waals surface area (Å²) in [4.78, 5) is 0. The summed E-state index contributed by atoms with van der Waals surface area (Å²) >= 11 is 7.90. The number of hydrogen-bond donors (Lipinski definition) is 0. The van der Waals surface area contributed by atoms with E-state index in [0.717, 1.165) is 21.7 Å². The van der Waals surface area contributed by atoms with Gasteiger partial charge in [0.2, 0.25) is 0 Å². The zero-order chi connectivity index (χ0) is 10.1. The van der Waals surface area contributed by atoms with Crippen LogP contribution in [-0.4, -0.2) is 6.61 Å². The number of benzene rings is 1. The van der Waals surface area contributed by atoms with Crippen LogP contribution < -0.4 is 4.74 Å². The van der Waals surface area contributed by atoms with Crippen LogP contribution in [0.5, 0.6) is 5.75 Å². The minimum Gasteiger partial charge on any atom is -0.492 e. The molecule has 74 valence electrons. The maximum atomic E-state index is 6.19. The van der Waals surface area contributed by atoms with Crippen LogP contribution in [0.15, 0.2) is 17.5 Å². The van der Waals surface area contributed by atoms with Gasteiger partial charge in [0.15, 0.2) is 0 Å². The average Bonchev–Trinajstić information content (AvgIpc) is 2.60. The Morgan fingerprint density at radius 3 is 3.00 bits per heavy atom. The van der Waals surface area contributed by atoms with Gasteiger partial charge in [0.05, 0.1) is 11.6 Å². The van der Waals surface area contributed by atoms with Crippen molar-refractivity contribution in [2.24, 2.45) is 0 Å². The van der Waals surface area contributed by atoms with E-state index in [4.69, 9.17) is 16.3 Å². The summed E-state index contributed by atoms with van der Waals surface area (Å²) in [5, 5.41) is 3.91. The summed E-state index contributed by atoms with van der Waals surface area (Å²) in [6.07, 6.45) is 0. The van der Waals surface area contributed by atoms with E-state index in [1.165, 1.54) is 4.70 Å². The molecule has 1 aromatic heterocycles. The molecule has 0 aliphatic carbocycles. The van der Waals surface area contributed by atoms with E-state index in [-0.39, 0.29) is 0 Å². The minimum absolute atomic E-state index is 0.647. The number of ether oxygens (including phenoxy) is 1. The largest absolute Gasteiger partial charge is 0.492 e. The quantitative estimate of drug-likeness (QED) is 0.744. The molecule has 0 radical (unpaired) electrons. The van der Waals surface area contributed by atoms with Crippen LogP contribution in [0, 0.1) is 6.92 Å². The highest BCUT2D eigenvalue weighted by atomic mass is 35.5. The van der Waals surface area contributed by atoms with Gasteiger partial charge in [0.1, 0.15) is 5.75 Å². The van der Waals surface area contributed by atoms with Crippen molar-refractivity contribution in [3.05, 3.63) is 28.1 Å². The smallest absolute Gasteiger partial charge is 0.146 e. The molecule has 0 fully saturated rings. The Morgan fingerprint density at radius 2 is 2.29 bits per heavy atom. The normalized spacial score (nSPS) is 10.8. The summed E-state index contributed by atoms with van der Waals surface area (Å²) in [7, 11) is 0. The molecule has 2 rings (SSSR count). The lowest BCUT2D eigenvalue weighted by molar-refractivity contribution is 0.344. The fourth-order valence-corrected chi connectivity index (χ4v) is 2.56. The van der Waals surface area contributed by atoms with Crippen molar-refractivity contribution < 1.29 is 4.74 Å². The number of fused-ring (bicyclic) bond motifs is 1. The van der Waals surface area contributed by atoms with Gasteiger partial charge in [-0.1, -0.05) is 11.6 Å². The van der Waals surface area contributed by atoms with Gasteiger partial charge in [-0.15, -0.1) is 11.3 Å². The van der Waals surface area contributed by atoms with Crippen LogP contribution in [0.25, 0.3) is 10.1 Å². The lowest BCUT2D eigenvalue weighted by Crippen LogP contribution is -1.93. The predicted molar refractivity (Wildman–Crippen MR) is 62.7 cm³/mol. The second-order valence-electron chi connectivity index (χ2n) is 3.10. The van der Waals surface area contributed by atoms with Gasteiger partial charge in [-0.3, -0.25) is 0 Å². The molecule has 0 aliphatic heterocycles. The van der Waals surface area contributed by atoms with Crippen molar-refractivity contribution in [1.82, 2.24) is 0 Å². The van der Waals surface area contributed by atoms with Crippen LogP contribution >= 0.6 is 22.9 Å². The number of halogens is 1. The van der Waals surface area contributed by atoms with Crippen molar-refractivity contribution in [2.75, 3.05) is 6.61 Å². The van der Waals surface area contributed by atoms with Crippen LogP contribution in [-0.2, 0) is 0 Å². The zero-order valence-electron chi connectivity index (χ0n) is 8.13. The Bertz CT molecular complexity index is 462. The lowest BCUT2D eigenvalue weighted by atomic mass is 10.2. The van der Waals surface area contributed by atoms with Crippen LogP contribution in [0.1, 0.15) is 12.5 Å². The van der Waals surface area contributed by atoms with Crippen molar-refractivity contribution in [1.29, 1.82) is 0 Å². The van der Waals surface area contributed by atoms with Crippen molar-refractivity contribution in [3.8, 4) is 5.75 Å². The summed E-state index contributed by atoms with van der Waals surface area (Å²) in [5.74, 6) is 0.824. The molecular formula is C11H11ClOS. The molecule has 1 heterocycles. The highest BCUT2D eigenvalue weighted by Gasteiger charge is 2.10. The van der Waals surface area contributed by atoms with Gasteiger partial charge in [-0.05, 0) is 36.9 Å². The molecule has 0 bridgehead atoms. The van der Waals surface area contributed by atoms with Gasteiger partial charge in [-0.25, -0.2) is 0 Å². The molecule has 1 nitrogen and oxygen atoms in total. The first-order chi connectivity index (χ1) is 6.74. The third kappa shape index (κ3) is 1.49. The molecule has 2 aromatic rings. The molecule has 0 N–H and O–H groups in total. The molecule has 14 heavy (non-hydrogen) atoms. The molecule has 0 aliphatic rings. The predicted octanol–water partition coefficient (Wildman–Crippen LogP) is 4.26. The molecule has 0 spiro atoms. The van der Waals surface area contributed by atoms with Crippen molar-refractivity contribution in [2.45, 2.75) is 13.8 Å². The fraction of sp³-hybridized carbons (Fsp3) is 0.273. The Balaban J connectivity index is 2.73. The molecule has 0 atom stereocenters. The van der Waals surface area contributed by atoms with Gasteiger partial charge in [0, 0.05) is 10.1 Å². The third-order valence-corrected chi connectivity index (χ3v) is 3.46. The Labute approximate surface area is 92.3 Å². The summed E-state index contributed by atoms with van der Waals surface area (Å²) in [6, 6.07) is 4.15. The van der Waals surface area contributed by atoms with E-state index in [1.54, 1.807) is 11.3 Å². The fourth-order valence-electron chi connectivity index (χ4n) is 1.46. The highest BCUT2D eigenvalue weighted by molar-refractivity contribution is 7.17. The van der Waals surface area contributed by atoms with Gasteiger partial charge >= 0.3 is 0 Å². The second kappa shape index (κ2) is 3.79. The van der Waals surface area contributed by atoms with Crippen LogP contribution in [0.3, 0.4) is 0 Å². The van der Waals surface area contributed by atoms with E-state index < -0.39 is 0 Å². The first-order valence-electron chi connectivity index (χ1n) is 4.53. The molecule has 1 aromatic carbocycles. The molecule has 0 amide bonds. The first-order valence-corrected chi connectivity index (χ1v) is 5.79. The number of thiophene rings is 1. The first kappa shape index (κ1) is 9.81. The SMILES string of the molecule is CCOc1c(Cl)c(C)cc2sccc12. The summed E-state index contributed by atoms with van der Waals surface area (Å²) in [5.41, 5.74) is 1.07. The van der Waals surface area contributed by atoms with Crippen molar-refractivity contribution in [3.63, 3.8) is 0 Å². The zero-order valence-corrected chi connectivity index (χ0v) is 9.71. The second-order valence-corrected chi connectivity index (χ2v) is 4.43. The Kier molecular flexibility index (Phi) is 2.66. The van der Waals surface area contributed by atoms with E-state index in [2.05, 4.69) is 17.5 Å². The summed E-state index contributed by atoms with van der Waals surface area (Å²) in [6.45, 7) is 4.62. The maximum absolute atomic E-state index is 6.19. The van der Waals surface area contributed by atoms with E-state index in [1.807, 2.05) is 13.8 Å². The minimum atomic E-state index is 0.647. The van der Waals surface area contributed by atoms with Gasteiger partial charge in [-0.2, -0.15) is 0 Å². The standard InChI is InChI=1S/C11H11ClOS/c1-3-13-11-8-4-5-14-9(8)6-7(2)10(11)12/h4-6H,3H2,1-2H3. The van der Waals surface area contributed by atoms with Crippen LogP contribution in [0.2, 0.25) is 5.02 Å². The van der Waals surface area contributed by atoms with E-state index >= 15 is 0 Å². The molecule has 0 saturated carbocycles. The molecular weight excluding hydrogens is 216 g/mol.